The maximum absolute atomic E-state index is 5.01. The summed E-state index contributed by atoms with van der Waals surface area (Å²) in [5.74, 6) is 0. The first kappa shape index (κ1) is 31.9. The monoisotopic (exact) mass is 714 g/mol. The lowest BCUT2D eigenvalue weighted by molar-refractivity contribution is 1.28. The Morgan fingerprint density at radius 1 is 0.304 bits per heavy atom. The second kappa shape index (κ2) is 13.1. The van der Waals surface area contributed by atoms with Crippen LogP contribution in [-0.4, -0.2) is 9.97 Å². The zero-order valence-electron chi connectivity index (χ0n) is 30.4. The number of benzene rings is 7. The summed E-state index contributed by atoms with van der Waals surface area (Å²) in [6, 6.07) is 60.7. The summed E-state index contributed by atoms with van der Waals surface area (Å²) in [6.45, 7) is 0. The molecule has 0 spiro atoms. The number of anilines is 6. The van der Waals surface area contributed by atoms with Crippen molar-refractivity contribution in [2.45, 2.75) is 0 Å². The number of pyridine rings is 2. The van der Waals surface area contributed by atoms with E-state index in [-0.39, 0.29) is 0 Å². The normalized spacial score (nSPS) is 12.8. The van der Waals surface area contributed by atoms with Crippen LogP contribution in [0.1, 0.15) is 22.3 Å². The van der Waals surface area contributed by atoms with Gasteiger partial charge in [-0.1, -0.05) is 121 Å². The Bertz CT molecular complexity index is 2730. The lowest BCUT2D eigenvalue weighted by atomic mass is 9.87. The van der Waals surface area contributed by atoms with Crippen molar-refractivity contribution < 1.29 is 0 Å². The molecule has 56 heavy (non-hydrogen) atoms. The summed E-state index contributed by atoms with van der Waals surface area (Å²) in [4.78, 5) is 14.8. The first-order valence-electron chi connectivity index (χ1n) is 19.0. The Hall–Kier alpha value is -7.56. The highest BCUT2D eigenvalue weighted by molar-refractivity contribution is 6.22. The fourth-order valence-electron chi connectivity index (χ4n) is 8.56. The van der Waals surface area contributed by atoms with Crippen molar-refractivity contribution in [1.82, 2.24) is 9.97 Å². The molecule has 0 atom stereocenters. The maximum atomic E-state index is 5.01. The summed E-state index contributed by atoms with van der Waals surface area (Å²) >= 11 is 0. The van der Waals surface area contributed by atoms with Gasteiger partial charge in [0.1, 0.15) is 0 Å². The molecule has 0 saturated carbocycles. The van der Waals surface area contributed by atoms with E-state index in [2.05, 4.69) is 192 Å². The van der Waals surface area contributed by atoms with Crippen LogP contribution in [0, 0.1) is 0 Å². The molecule has 0 N–H and O–H groups in total. The van der Waals surface area contributed by atoms with E-state index in [9.17, 15) is 0 Å². The van der Waals surface area contributed by atoms with Gasteiger partial charge in [0.25, 0.3) is 0 Å². The van der Waals surface area contributed by atoms with Gasteiger partial charge in [-0.3, -0.25) is 9.97 Å². The smallest absolute Gasteiger partial charge is 0.0714 e. The number of aromatic nitrogens is 2. The lowest BCUT2D eigenvalue weighted by Gasteiger charge is -2.29. The van der Waals surface area contributed by atoms with Crippen molar-refractivity contribution in [3.05, 3.63) is 205 Å². The minimum atomic E-state index is 0.924. The molecule has 4 heteroatoms. The van der Waals surface area contributed by atoms with E-state index in [1.807, 2.05) is 24.5 Å². The van der Waals surface area contributed by atoms with E-state index in [1.165, 1.54) is 22.3 Å². The topological polar surface area (TPSA) is 32.3 Å². The van der Waals surface area contributed by atoms with Gasteiger partial charge < -0.3 is 9.80 Å². The van der Waals surface area contributed by atoms with Crippen molar-refractivity contribution >= 4 is 80.0 Å². The Morgan fingerprint density at radius 3 is 0.982 bits per heavy atom. The second-order valence-electron chi connectivity index (χ2n) is 14.2. The molecule has 4 heterocycles. The third-order valence-electron chi connectivity index (χ3n) is 11.0. The highest BCUT2D eigenvalue weighted by Crippen LogP contribution is 2.49. The van der Waals surface area contributed by atoms with Gasteiger partial charge in [-0.2, -0.15) is 0 Å². The predicted molar refractivity (Wildman–Crippen MR) is 235 cm³/mol. The third kappa shape index (κ3) is 5.15. The summed E-state index contributed by atoms with van der Waals surface area (Å²) in [5.41, 5.74) is 15.4. The molecule has 0 saturated heterocycles. The molecular formula is C52H34N4. The molecule has 2 aliphatic heterocycles. The van der Waals surface area contributed by atoms with Crippen LogP contribution in [0.3, 0.4) is 0 Å². The van der Waals surface area contributed by atoms with Crippen molar-refractivity contribution in [3.63, 3.8) is 0 Å². The van der Waals surface area contributed by atoms with Crippen molar-refractivity contribution in [1.29, 1.82) is 0 Å². The molecule has 2 aliphatic rings. The van der Waals surface area contributed by atoms with E-state index >= 15 is 0 Å². The van der Waals surface area contributed by atoms with E-state index in [4.69, 9.17) is 9.97 Å². The van der Waals surface area contributed by atoms with Gasteiger partial charge >= 0.3 is 0 Å². The summed E-state index contributed by atoms with van der Waals surface area (Å²) < 4.78 is 0. The minimum absolute atomic E-state index is 0.924. The highest BCUT2D eigenvalue weighted by atomic mass is 15.2. The molecular weight excluding hydrogens is 681 g/mol. The van der Waals surface area contributed by atoms with Gasteiger partial charge in [0.05, 0.1) is 34.1 Å². The van der Waals surface area contributed by atoms with Crippen molar-refractivity contribution in [2.75, 3.05) is 9.80 Å². The molecule has 9 aromatic rings. The van der Waals surface area contributed by atoms with E-state index in [0.717, 1.165) is 78.2 Å². The van der Waals surface area contributed by atoms with Gasteiger partial charge in [0.15, 0.2) is 0 Å². The average Bonchev–Trinajstić information content (AvgIpc) is 3.54. The first-order chi connectivity index (χ1) is 27.8. The fourth-order valence-corrected chi connectivity index (χ4v) is 8.56. The van der Waals surface area contributed by atoms with Crippen LogP contribution in [-0.2, 0) is 0 Å². The lowest BCUT2D eigenvalue weighted by Crippen LogP contribution is -2.12. The SMILES string of the molecule is C1=Cc2ccccc2N(c2ccc3c(-c4ccccn4)c4cc(N5c6ccccc6C=Cc6ccccc65)ccc4c(-c4ccccn4)c3c2)c2ccccc21. The fraction of sp³-hybridized carbons (Fsp3) is 0. The highest BCUT2D eigenvalue weighted by Gasteiger charge is 2.25. The Kier molecular flexibility index (Phi) is 7.46. The average molecular weight is 715 g/mol. The molecule has 0 aliphatic carbocycles. The predicted octanol–water partition coefficient (Wildman–Crippen LogP) is 14.0. The van der Waals surface area contributed by atoms with Crippen LogP contribution in [0.25, 0.3) is 68.4 Å². The number of hydrogen-bond acceptors (Lipinski definition) is 4. The number of hydrogen-bond donors (Lipinski definition) is 0. The largest absolute Gasteiger partial charge is 0.309 e. The van der Waals surface area contributed by atoms with Gasteiger partial charge in [0.2, 0.25) is 0 Å². The summed E-state index contributed by atoms with van der Waals surface area (Å²) in [5, 5.41) is 4.46. The zero-order valence-corrected chi connectivity index (χ0v) is 30.4. The third-order valence-corrected chi connectivity index (χ3v) is 11.0. The van der Waals surface area contributed by atoms with E-state index in [1.54, 1.807) is 0 Å². The van der Waals surface area contributed by atoms with Crippen LogP contribution in [0.15, 0.2) is 182 Å². The van der Waals surface area contributed by atoms with Crippen LogP contribution in [0.2, 0.25) is 0 Å². The van der Waals surface area contributed by atoms with Gasteiger partial charge in [0, 0.05) is 34.9 Å². The number of rotatable bonds is 4. The molecule has 0 fully saturated rings. The van der Waals surface area contributed by atoms with Crippen molar-refractivity contribution in [2.24, 2.45) is 0 Å². The molecule has 2 aromatic heterocycles. The van der Waals surface area contributed by atoms with Crippen LogP contribution >= 0.6 is 0 Å². The van der Waals surface area contributed by atoms with E-state index in [0.29, 0.717) is 0 Å². The van der Waals surface area contributed by atoms with Gasteiger partial charge in [-0.25, -0.2) is 0 Å². The number of para-hydroxylation sites is 4. The van der Waals surface area contributed by atoms with Gasteiger partial charge in [-0.05, 0) is 117 Å². The number of fused-ring (bicyclic) bond motifs is 6. The van der Waals surface area contributed by atoms with E-state index < -0.39 is 0 Å². The molecule has 0 bridgehead atoms. The summed E-state index contributed by atoms with van der Waals surface area (Å²) in [6.07, 6.45) is 12.7. The van der Waals surface area contributed by atoms with Crippen LogP contribution < -0.4 is 9.80 Å². The molecule has 0 unspecified atom stereocenters. The molecule has 7 aromatic carbocycles. The van der Waals surface area contributed by atoms with Crippen molar-refractivity contribution in [3.8, 4) is 22.5 Å². The molecule has 0 amide bonds. The molecule has 0 radical (unpaired) electrons. The first-order valence-corrected chi connectivity index (χ1v) is 19.0. The van der Waals surface area contributed by atoms with Gasteiger partial charge in [-0.15, -0.1) is 0 Å². The number of nitrogens with zero attached hydrogens (tertiary/aromatic N) is 4. The quantitative estimate of drug-likeness (QED) is 0.170. The Balaban J connectivity index is 1.23. The van der Waals surface area contributed by atoms with Crippen LogP contribution in [0.5, 0.6) is 0 Å². The zero-order chi connectivity index (χ0) is 37.0. The molecule has 262 valence electrons. The standard InChI is InChI=1S/C52H34N4/c1-5-19-47-35(13-1)23-24-36-14-2-6-20-48(36)55(47)39-27-29-41-43(33-39)51(45-17-9-11-31-53-45)42-30-28-40(34-44(42)52(41)46-18-10-12-32-54-46)56-49-21-7-3-15-37(49)25-26-38-16-4-8-22-50(38)56/h1-34H. The Labute approximate surface area is 325 Å². The van der Waals surface area contributed by atoms with Crippen LogP contribution in [0.4, 0.5) is 34.1 Å². The second-order valence-corrected chi connectivity index (χ2v) is 14.2. The summed E-state index contributed by atoms with van der Waals surface area (Å²) in [7, 11) is 0. The molecule has 4 nitrogen and oxygen atoms in total. The Morgan fingerprint density at radius 2 is 0.643 bits per heavy atom. The molecule has 11 rings (SSSR count). The minimum Gasteiger partial charge on any atom is -0.309 e. The maximum Gasteiger partial charge on any atom is 0.0714 e.